The van der Waals surface area contributed by atoms with E-state index in [4.69, 9.17) is 5.26 Å². The fourth-order valence-electron chi connectivity index (χ4n) is 2.77. The monoisotopic (exact) mass is 305 g/mol. The minimum Gasteiger partial charge on any atom is -0.298 e. The molecule has 1 aliphatic heterocycles. The molecule has 6 heteroatoms. The van der Waals surface area contributed by atoms with E-state index < -0.39 is 10.0 Å². The van der Waals surface area contributed by atoms with Crippen molar-refractivity contribution in [3.8, 4) is 6.07 Å². The molecule has 1 aliphatic carbocycles. The van der Waals surface area contributed by atoms with Crippen molar-refractivity contribution in [2.24, 2.45) is 0 Å². The molecule has 0 spiro atoms. The smallest absolute Gasteiger partial charge is 0.243 e. The molecule has 2 fully saturated rings. The fourth-order valence-corrected chi connectivity index (χ4v) is 4.19. The quantitative estimate of drug-likeness (QED) is 0.839. The zero-order valence-corrected chi connectivity index (χ0v) is 12.7. The Morgan fingerprint density at radius 2 is 1.71 bits per heavy atom. The Balaban J connectivity index is 1.69. The lowest BCUT2D eigenvalue weighted by atomic mass is 10.2. The summed E-state index contributed by atoms with van der Waals surface area (Å²) in [5, 5.41) is 8.65. The van der Waals surface area contributed by atoms with Crippen molar-refractivity contribution >= 4 is 10.0 Å². The molecule has 0 radical (unpaired) electrons. The van der Waals surface area contributed by atoms with E-state index in [1.54, 1.807) is 28.6 Å². The number of rotatable bonds is 4. The molecular formula is C15H19N3O2S. The molecule has 0 amide bonds. The molecule has 21 heavy (non-hydrogen) atoms. The molecule has 3 rings (SSSR count). The zero-order valence-electron chi connectivity index (χ0n) is 11.9. The highest BCUT2D eigenvalue weighted by atomic mass is 32.2. The largest absolute Gasteiger partial charge is 0.298 e. The van der Waals surface area contributed by atoms with E-state index in [0.717, 1.165) is 18.7 Å². The third-order valence-corrected chi connectivity index (χ3v) is 6.09. The van der Waals surface area contributed by atoms with Crippen LogP contribution in [0.1, 0.15) is 18.4 Å². The first-order chi connectivity index (χ1) is 10.1. The Bertz CT molecular complexity index is 636. The first kappa shape index (κ1) is 14.5. The van der Waals surface area contributed by atoms with E-state index in [1.807, 2.05) is 0 Å². The molecule has 1 aromatic carbocycles. The molecule has 0 aromatic heterocycles. The van der Waals surface area contributed by atoms with Gasteiger partial charge in [-0.15, -0.1) is 0 Å². The normalized spacial score (nSPS) is 21.1. The lowest BCUT2D eigenvalue weighted by Gasteiger charge is -2.34. The number of nitrogens with zero attached hydrogens (tertiary/aromatic N) is 3. The number of sulfonamides is 1. The summed E-state index contributed by atoms with van der Waals surface area (Å²) in [6.07, 6.45) is 2.82. The molecule has 1 saturated carbocycles. The Morgan fingerprint density at radius 3 is 2.24 bits per heavy atom. The summed E-state index contributed by atoms with van der Waals surface area (Å²) in [4.78, 5) is 2.71. The third-order valence-electron chi connectivity index (χ3n) is 4.18. The van der Waals surface area contributed by atoms with Crippen LogP contribution in [0.4, 0.5) is 0 Å². The van der Waals surface area contributed by atoms with E-state index in [-0.39, 0.29) is 0 Å². The first-order valence-electron chi connectivity index (χ1n) is 7.31. The molecule has 0 bridgehead atoms. The molecule has 112 valence electrons. The predicted molar refractivity (Wildman–Crippen MR) is 79.1 cm³/mol. The highest BCUT2D eigenvalue weighted by molar-refractivity contribution is 7.89. The molecule has 5 nitrogen and oxygen atoms in total. The maximum atomic E-state index is 12.6. The van der Waals surface area contributed by atoms with Crippen molar-refractivity contribution in [3.05, 3.63) is 29.8 Å². The molecule has 0 unspecified atom stereocenters. The highest BCUT2D eigenvalue weighted by Crippen LogP contribution is 2.28. The van der Waals surface area contributed by atoms with Crippen LogP contribution in [0.15, 0.2) is 29.2 Å². The summed E-state index contributed by atoms with van der Waals surface area (Å²) in [5.41, 5.74) is 0.843. The van der Waals surface area contributed by atoms with Gasteiger partial charge < -0.3 is 0 Å². The highest BCUT2D eigenvalue weighted by Gasteiger charge is 2.34. The molecule has 1 aromatic rings. The third kappa shape index (κ3) is 3.10. The number of piperazine rings is 1. The molecule has 0 atom stereocenters. The summed E-state index contributed by atoms with van der Waals surface area (Å²) >= 11 is 0. The lowest BCUT2D eigenvalue weighted by molar-refractivity contribution is 0.180. The number of nitriles is 1. The van der Waals surface area contributed by atoms with Crippen molar-refractivity contribution in [2.75, 3.05) is 26.2 Å². The average molecular weight is 305 g/mol. The minimum absolute atomic E-state index is 0.306. The van der Waals surface area contributed by atoms with Crippen molar-refractivity contribution in [3.63, 3.8) is 0 Å². The predicted octanol–water partition coefficient (Wildman–Crippen LogP) is 1.22. The van der Waals surface area contributed by atoms with Gasteiger partial charge in [0, 0.05) is 32.2 Å². The molecule has 1 heterocycles. The van der Waals surface area contributed by atoms with Gasteiger partial charge in [-0.3, -0.25) is 4.90 Å². The standard InChI is InChI=1S/C15H19N3O2S/c16-8-7-13-1-5-15(6-2-13)21(19,20)18-11-9-17(10-12-18)14-3-4-14/h1-2,5-6,14H,3-4,7,9-12H2. The van der Waals surface area contributed by atoms with Crippen LogP contribution in [-0.2, 0) is 16.4 Å². The fraction of sp³-hybridized carbons (Fsp3) is 0.533. The van der Waals surface area contributed by atoms with Crippen LogP contribution in [0.2, 0.25) is 0 Å². The Kier molecular flexibility index (Phi) is 3.98. The minimum atomic E-state index is -3.40. The lowest BCUT2D eigenvalue weighted by Crippen LogP contribution is -2.49. The topological polar surface area (TPSA) is 64.4 Å². The summed E-state index contributed by atoms with van der Waals surface area (Å²) in [5.74, 6) is 0. The van der Waals surface area contributed by atoms with Crippen molar-refractivity contribution in [2.45, 2.75) is 30.2 Å². The van der Waals surface area contributed by atoms with Gasteiger partial charge in [0.1, 0.15) is 0 Å². The molecular weight excluding hydrogens is 286 g/mol. The van der Waals surface area contributed by atoms with Gasteiger partial charge in [-0.05, 0) is 30.5 Å². The number of hydrogen-bond acceptors (Lipinski definition) is 4. The maximum Gasteiger partial charge on any atom is 0.243 e. The van der Waals surface area contributed by atoms with Gasteiger partial charge in [-0.25, -0.2) is 8.42 Å². The van der Waals surface area contributed by atoms with Crippen LogP contribution in [-0.4, -0.2) is 49.8 Å². The van der Waals surface area contributed by atoms with E-state index in [2.05, 4.69) is 11.0 Å². The zero-order chi connectivity index (χ0) is 14.9. The Hall–Kier alpha value is -1.42. The van der Waals surface area contributed by atoms with Crippen LogP contribution < -0.4 is 0 Å². The first-order valence-corrected chi connectivity index (χ1v) is 8.75. The van der Waals surface area contributed by atoms with Gasteiger partial charge >= 0.3 is 0 Å². The van der Waals surface area contributed by atoms with Gasteiger partial charge in [0.25, 0.3) is 0 Å². The second kappa shape index (κ2) is 5.76. The van der Waals surface area contributed by atoms with Crippen LogP contribution >= 0.6 is 0 Å². The second-order valence-corrected chi connectivity index (χ2v) is 7.59. The maximum absolute atomic E-state index is 12.6. The average Bonchev–Trinajstić information content (AvgIpc) is 3.33. The van der Waals surface area contributed by atoms with Gasteiger partial charge in [-0.1, -0.05) is 12.1 Å². The van der Waals surface area contributed by atoms with Crippen molar-refractivity contribution in [1.29, 1.82) is 5.26 Å². The molecule has 0 N–H and O–H groups in total. The van der Waals surface area contributed by atoms with E-state index in [1.165, 1.54) is 12.8 Å². The van der Waals surface area contributed by atoms with Crippen LogP contribution in [0, 0.1) is 11.3 Å². The van der Waals surface area contributed by atoms with Gasteiger partial charge in [0.15, 0.2) is 0 Å². The number of benzene rings is 1. The van der Waals surface area contributed by atoms with E-state index >= 15 is 0 Å². The van der Waals surface area contributed by atoms with Crippen molar-refractivity contribution in [1.82, 2.24) is 9.21 Å². The summed E-state index contributed by atoms with van der Waals surface area (Å²) in [7, 11) is -3.40. The van der Waals surface area contributed by atoms with Crippen molar-refractivity contribution < 1.29 is 8.42 Å². The molecule has 1 saturated heterocycles. The summed E-state index contributed by atoms with van der Waals surface area (Å²) < 4.78 is 26.8. The van der Waals surface area contributed by atoms with E-state index in [0.29, 0.717) is 30.4 Å². The van der Waals surface area contributed by atoms with Gasteiger partial charge in [0.05, 0.1) is 17.4 Å². The number of hydrogen-bond donors (Lipinski definition) is 0. The van der Waals surface area contributed by atoms with Gasteiger partial charge in [-0.2, -0.15) is 9.57 Å². The Morgan fingerprint density at radius 1 is 1.10 bits per heavy atom. The molecule has 2 aliphatic rings. The Labute approximate surface area is 125 Å². The summed E-state index contributed by atoms with van der Waals surface area (Å²) in [6.45, 7) is 2.80. The van der Waals surface area contributed by atoms with Crippen LogP contribution in [0.3, 0.4) is 0 Å². The van der Waals surface area contributed by atoms with Crippen LogP contribution in [0.25, 0.3) is 0 Å². The second-order valence-electron chi connectivity index (χ2n) is 5.65. The van der Waals surface area contributed by atoms with Crippen LogP contribution in [0.5, 0.6) is 0 Å². The van der Waals surface area contributed by atoms with Gasteiger partial charge in [0.2, 0.25) is 10.0 Å². The van der Waals surface area contributed by atoms with E-state index in [9.17, 15) is 8.42 Å². The SMILES string of the molecule is N#CCc1ccc(S(=O)(=O)N2CCN(C3CC3)CC2)cc1. The summed E-state index contributed by atoms with van der Waals surface area (Å²) in [6, 6.07) is 9.41.